The standard InChI is InChI=1S/C8H13/c1-4-6-7-8(3)5-2/h8H,2,5,7H2,1,3H3/q+1. The highest BCUT2D eigenvalue weighted by atomic mass is 14.0. The fourth-order valence-electron chi connectivity index (χ4n) is 0.378. The Morgan fingerprint density at radius 1 is 1.62 bits per heavy atom. The molecule has 0 saturated carbocycles. The third kappa shape index (κ3) is 3.61. The van der Waals surface area contributed by atoms with Crippen LogP contribution in [-0.4, -0.2) is 0 Å². The zero-order chi connectivity index (χ0) is 6.41. The van der Waals surface area contributed by atoms with Gasteiger partial charge in [0.1, 0.15) is 0 Å². The molecule has 0 aromatic heterocycles. The fraction of sp³-hybridized carbons (Fsp3) is 0.625. The van der Waals surface area contributed by atoms with Crippen molar-refractivity contribution in [1.82, 2.24) is 0 Å². The summed E-state index contributed by atoms with van der Waals surface area (Å²) in [5, 5.41) is 0. The van der Waals surface area contributed by atoms with Gasteiger partial charge in [0, 0.05) is 12.3 Å². The molecule has 1 atom stereocenters. The Balaban J connectivity index is 3.19. The molecule has 0 heterocycles. The summed E-state index contributed by atoms with van der Waals surface area (Å²) in [6.07, 6.45) is 1.99. The molecule has 8 heavy (non-hydrogen) atoms. The van der Waals surface area contributed by atoms with Crippen molar-refractivity contribution in [2.75, 3.05) is 0 Å². The van der Waals surface area contributed by atoms with E-state index in [0.717, 1.165) is 12.8 Å². The first-order valence-electron chi connectivity index (χ1n) is 3.00. The second-order valence-corrected chi connectivity index (χ2v) is 2.02. The molecule has 0 aliphatic rings. The maximum absolute atomic E-state index is 3.77. The van der Waals surface area contributed by atoms with Crippen LogP contribution in [0.5, 0.6) is 0 Å². The van der Waals surface area contributed by atoms with E-state index >= 15 is 0 Å². The molecule has 0 aliphatic heterocycles. The van der Waals surface area contributed by atoms with Crippen LogP contribution in [0.1, 0.15) is 26.7 Å². The summed E-state index contributed by atoms with van der Waals surface area (Å²) in [4.78, 5) is 0. The fourth-order valence-corrected chi connectivity index (χ4v) is 0.378. The number of hydrogen-bond acceptors (Lipinski definition) is 0. The lowest BCUT2D eigenvalue weighted by molar-refractivity contribution is 0.611. The lowest BCUT2D eigenvalue weighted by atomic mass is 10.1. The van der Waals surface area contributed by atoms with Crippen molar-refractivity contribution in [1.29, 1.82) is 0 Å². The summed E-state index contributed by atoms with van der Waals surface area (Å²) in [5.41, 5.74) is 0. The molecular formula is C8H13+. The molecule has 0 saturated heterocycles. The first-order chi connectivity index (χ1) is 3.81. The zero-order valence-electron chi connectivity index (χ0n) is 5.70. The predicted octanol–water partition coefficient (Wildman–Crippen LogP) is 2.26. The van der Waals surface area contributed by atoms with Crippen LogP contribution in [0.25, 0.3) is 0 Å². The normalized spacial score (nSPS) is 11.8. The lowest BCUT2D eigenvalue weighted by Crippen LogP contribution is -1.87. The maximum atomic E-state index is 3.77. The van der Waals surface area contributed by atoms with Crippen LogP contribution in [-0.2, 0) is 0 Å². The van der Waals surface area contributed by atoms with Gasteiger partial charge in [-0.25, -0.2) is 0 Å². The quantitative estimate of drug-likeness (QED) is 0.377. The van der Waals surface area contributed by atoms with Gasteiger partial charge in [-0.1, -0.05) is 6.92 Å². The largest absolute Gasteiger partial charge is 0.107 e. The molecule has 0 heteroatoms. The van der Waals surface area contributed by atoms with Crippen molar-refractivity contribution in [3.8, 4) is 11.8 Å². The van der Waals surface area contributed by atoms with Gasteiger partial charge in [-0.05, 0) is 6.92 Å². The van der Waals surface area contributed by atoms with E-state index in [0.29, 0.717) is 5.92 Å². The predicted molar refractivity (Wildman–Crippen MR) is 37.2 cm³/mol. The second kappa shape index (κ2) is 4.59. The molecule has 0 amide bonds. The summed E-state index contributed by atoms with van der Waals surface area (Å²) in [6, 6.07) is 0. The molecule has 0 bridgehead atoms. The zero-order valence-corrected chi connectivity index (χ0v) is 5.70. The van der Waals surface area contributed by atoms with Crippen molar-refractivity contribution in [2.45, 2.75) is 26.7 Å². The number of hydrogen-bond donors (Lipinski definition) is 0. The molecule has 44 valence electrons. The highest BCUT2D eigenvalue weighted by Crippen LogP contribution is 2.03. The third-order valence-corrected chi connectivity index (χ3v) is 1.12. The lowest BCUT2D eigenvalue weighted by Gasteiger charge is -1.94. The molecule has 0 rings (SSSR count). The highest BCUT2D eigenvalue weighted by Gasteiger charge is 1.96. The van der Waals surface area contributed by atoms with Crippen LogP contribution in [0, 0.1) is 24.7 Å². The van der Waals surface area contributed by atoms with E-state index in [2.05, 4.69) is 25.7 Å². The van der Waals surface area contributed by atoms with Crippen LogP contribution >= 0.6 is 0 Å². The van der Waals surface area contributed by atoms with Gasteiger partial charge in [0.2, 0.25) is 0 Å². The van der Waals surface area contributed by atoms with Gasteiger partial charge >= 0.3 is 0 Å². The summed E-state index contributed by atoms with van der Waals surface area (Å²) >= 11 is 0. The minimum atomic E-state index is 0.669. The topological polar surface area (TPSA) is 0 Å². The van der Waals surface area contributed by atoms with Crippen molar-refractivity contribution in [3.63, 3.8) is 0 Å². The molecule has 0 spiro atoms. The number of rotatable bonds is 2. The molecule has 0 aromatic carbocycles. The van der Waals surface area contributed by atoms with E-state index in [1.54, 1.807) is 0 Å². The van der Waals surface area contributed by atoms with Crippen LogP contribution in [0.3, 0.4) is 0 Å². The molecule has 0 fully saturated rings. The monoisotopic (exact) mass is 109 g/mol. The van der Waals surface area contributed by atoms with Crippen LogP contribution < -0.4 is 0 Å². The van der Waals surface area contributed by atoms with Gasteiger partial charge in [-0.15, -0.1) is 11.8 Å². The average Bonchev–Trinajstić information content (AvgIpc) is 1.83. The third-order valence-electron chi connectivity index (χ3n) is 1.12. The SMILES string of the molecule is [CH2+]CC(C)CC#CC. The molecule has 0 nitrogen and oxygen atoms in total. The molecule has 1 unspecified atom stereocenters. The van der Waals surface area contributed by atoms with Gasteiger partial charge < -0.3 is 0 Å². The molecule has 0 aromatic rings. The molecular weight excluding hydrogens is 96.1 g/mol. The van der Waals surface area contributed by atoms with E-state index in [9.17, 15) is 0 Å². The summed E-state index contributed by atoms with van der Waals surface area (Å²) in [6.45, 7) is 7.81. The summed E-state index contributed by atoms with van der Waals surface area (Å²) < 4.78 is 0. The van der Waals surface area contributed by atoms with Gasteiger partial charge in [0.15, 0.2) is 0 Å². The summed E-state index contributed by atoms with van der Waals surface area (Å²) in [5.74, 6) is 6.53. The first-order valence-corrected chi connectivity index (χ1v) is 3.00. The van der Waals surface area contributed by atoms with Crippen LogP contribution in [0.4, 0.5) is 0 Å². The Bertz CT molecular complexity index is 92.3. The summed E-state index contributed by atoms with van der Waals surface area (Å²) in [7, 11) is 0. The molecule has 0 N–H and O–H groups in total. The first kappa shape index (κ1) is 7.43. The minimum Gasteiger partial charge on any atom is -0.107 e. The molecule has 0 radical (unpaired) electrons. The van der Waals surface area contributed by atoms with Crippen molar-refractivity contribution in [2.24, 2.45) is 5.92 Å². The van der Waals surface area contributed by atoms with Gasteiger partial charge in [-0.2, -0.15) is 0 Å². The van der Waals surface area contributed by atoms with Gasteiger partial charge in [0.05, 0.1) is 13.3 Å². The molecule has 0 aliphatic carbocycles. The van der Waals surface area contributed by atoms with E-state index in [1.807, 2.05) is 6.92 Å². The van der Waals surface area contributed by atoms with Crippen LogP contribution in [0.2, 0.25) is 0 Å². The van der Waals surface area contributed by atoms with Gasteiger partial charge in [-0.3, -0.25) is 0 Å². The smallest absolute Gasteiger partial charge is 0.0885 e. The Hall–Kier alpha value is -0.570. The van der Waals surface area contributed by atoms with E-state index in [4.69, 9.17) is 0 Å². The Kier molecular flexibility index (Phi) is 4.26. The Labute approximate surface area is 52.3 Å². The van der Waals surface area contributed by atoms with Crippen molar-refractivity contribution in [3.05, 3.63) is 6.92 Å². The van der Waals surface area contributed by atoms with Crippen molar-refractivity contribution < 1.29 is 0 Å². The minimum absolute atomic E-state index is 0.669. The van der Waals surface area contributed by atoms with E-state index in [-0.39, 0.29) is 0 Å². The van der Waals surface area contributed by atoms with Crippen LogP contribution in [0.15, 0.2) is 0 Å². The Morgan fingerprint density at radius 3 is 2.62 bits per heavy atom. The van der Waals surface area contributed by atoms with E-state index in [1.165, 1.54) is 0 Å². The second-order valence-electron chi connectivity index (χ2n) is 2.02. The van der Waals surface area contributed by atoms with Gasteiger partial charge in [0.25, 0.3) is 0 Å². The average molecular weight is 109 g/mol. The van der Waals surface area contributed by atoms with E-state index < -0.39 is 0 Å². The highest BCUT2D eigenvalue weighted by molar-refractivity contribution is 4.95. The Morgan fingerprint density at radius 2 is 2.25 bits per heavy atom. The van der Waals surface area contributed by atoms with Crippen molar-refractivity contribution >= 4 is 0 Å². The maximum Gasteiger partial charge on any atom is 0.0885 e.